The molecule has 14 heavy (non-hydrogen) atoms. The van der Waals surface area contributed by atoms with E-state index in [2.05, 4.69) is 10.3 Å². The van der Waals surface area contributed by atoms with Crippen molar-refractivity contribution in [2.45, 2.75) is 27.3 Å². The van der Waals surface area contributed by atoms with E-state index in [4.69, 9.17) is 11.6 Å². The van der Waals surface area contributed by atoms with Gasteiger partial charge in [-0.15, -0.1) is 0 Å². The summed E-state index contributed by atoms with van der Waals surface area (Å²) in [6, 6.07) is 0. The molecule has 0 saturated heterocycles. The number of rotatable bonds is 3. The minimum Gasteiger partial charge on any atom is -0.350 e. The van der Waals surface area contributed by atoms with Gasteiger partial charge in [0.15, 0.2) is 5.82 Å². The molecule has 0 atom stereocenters. The van der Waals surface area contributed by atoms with Crippen molar-refractivity contribution in [3.8, 4) is 0 Å². The molecule has 1 rings (SSSR count). The van der Waals surface area contributed by atoms with Crippen LogP contribution in [0, 0.1) is 6.92 Å². The van der Waals surface area contributed by atoms with Crippen LogP contribution < -0.4 is 5.32 Å². The summed E-state index contributed by atoms with van der Waals surface area (Å²) in [5.41, 5.74) is 0.690. The molecule has 0 fully saturated rings. The Bertz CT molecular complexity index is 346. The molecule has 0 aliphatic heterocycles. The molecule has 1 aromatic heterocycles. The van der Waals surface area contributed by atoms with E-state index < -0.39 is 0 Å². The van der Waals surface area contributed by atoms with E-state index in [9.17, 15) is 4.79 Å². The zero-order valence-corrected chi connectivity index (χ0v) is 9.35. The van der Waals surface area contributed by atoms with E-state index in [0.717, 1.165) is 0 Å². The number of aromatic nitrogens is 2. The first kappa shape index (κ1) is 11.0. The normalized spacial score (nSPS) is 10.3. The molecule has 0 unspecified atom stereocenters. The standard InChI is InChI=1S/C9H14ClN3O/c1-4-11-9(14)8-12-6(3)7(10)13(8)5-2/h4-5H2,1-3H3,(H,11,14). The highest BCUT2D eigenvalue weighted by molar-refractivity contribution is 6.30. The zero-order valence-electron chi connectivity index (χ0n) is 8.59. The lowest BCUT2D eigenvalue weighted by molar-refractivity contribution is 0.0941. The third-order valence-corrected chi connectivity index (χ3v) is 2.40. The second-order valence-electron chi connectivity index (χ2n) is 2.92. The molecule has 1 heterocycles. The number of hydrogen-bond donors (Lipinski definition) is 1. The van der Waals surface area contributed by atoms with Gasteiger partial charge in [-0.2, -0.15) is 0 Å². The van der Waals surface area contributed by atoms with Gasteiger partial charge in [-0.05, 0) is 20.8 Å². The van der Waals surface area contributed by atoms with Crippen LogP contribution in [0.4, 0.5) is 0 Å². The molecule has 0 aliphatic carbocycles. The van der Waals surface area contributed by atoms with Gasteiger partial charge in [-0.1, -0.05) is 11.6 Å². The summed E-state index contributed by atoms with van der Waals surface area (Å²) in [6.45, 7) is 6.82. The summed E-state index contributed by atoms with van der Waals surface area (Å²) < 4.78 is 1.70. The Morgan fingerprint density at radius 2 is 2.21 bits per heavy atom. The lowest BCUT2D eigenvalue weighted by Crippen LogP contribution is -2.26. The molecule has 5 heteroatoms. The van der Waals surface area contributed by atoms with Crippen molar-refractivity contribution in [2.75, 3.05) is 6.54 Å². The van der Waals surface area contributed by atoms with Gasteiger partial charge in [0.05, 0.1) is 5.69 Å². The molecule has 1 aromatic rings. The highest BCUT2D eigenvalue weighted by atomic mass is 35.5. The largest absolute Gasteiger partial charge is 0.350 e. The molecular weight excluding hydrogens is 202 g/mol. The maximum absolute atomic E-state index is 11.5. The van der Waals surface area contributed by atoms with Crippen molar-refractivity contribution in [3.63, 3.8) is 0 Å². The van der Waals surface area contributed by atoms with Crippen LogP contribution in [0.25, 0.3) is 0 Å². The first-order valence-electron chi connectivity index (χ1n) is 4.62. The molecule has 0 radical (unpaired) electrons. The molecule has 1 amide bonds. The Balaban J connectivity index is 3.08. The average molecular weight is 216 g/mol. The number of aryl methyl sites for hydroxylation is 1. The Kier molecular flexibility index (Phi) is 3.52. The lowest BCUT2D eigenvalue weighted by Gasteiger charge is -2.04. The van der Waals surface area contributed by atoms with Gasteiger partial charge in [0.25, 0.3) is 5.91 Å². The summed E-state index contributed by atoms with van der Waals surface area (Å²) in [5.74, 6) is 0.209. The maximum atomic E-state index is 11.5. The van der Waals surface area contributed by atoms with E-state index >= 15 is 0 Å². The number of nitrogens with one attached hydrogen (secondary N) is 1. The first-order valence-corrected chi connectivity index (χ1v) is 5.00. The van der Waals surface area contributed by atoms with Gasteiger partial charge >= 0.3 is 0 Å². The van der Waals surface area contributed by atoms with Gasteiger partial charge in [-0.25, -0.2) is 4.98 Å². The Morgan fingerprint density at radius 3 is 2.71 bits per heavy atom. The second kappa shape index (κ2) is 4.46. The fourth-order valence-corrected chi connectivity index (χ4v) is 1.50. The van der Waals surface area contributed by atoms with E-state index in [-0.39, 0.29) is 5.91 Å². The zero-order chi connectivity index (χ0) is 10.7. The average Bonchev–Trinajstić information content (AvgIpc) is 2.44. The highest BCUT2D eigenvalue weighted by Gasteiger charge is 2.16. The van der Waals surface area contributed by atoms with Crippen molar-refractivity contribution in [1.29, 1.82) is 0 Å². The van der Waals surface area contributed by atoms with Crippen molar-refractivity contribution >= 4 is 17.5 Å². The van der Waals surface area contributed by atoms with Gasteiger partial charge in [0.2, 0.25) is 0 Å². The van der Waals surface area contributed by atoms with Gasteiger partial charge in [0, 0.05) is 13.1 Å². The van der Waals surface area contributed by atoms with Crippen LogP contribution in [0.15, 0.2) is 0 Å². The second-order valence-corrected chi connectivity index (χ2v) is 3.27. The Hall–Kier alpha value is -1.03. The van der Waals surface area contributed by atoms with Crippen molar-refractivity contribution in [3.05, 3.63) is 16.7 Å². The van der Waals surface area contributed by atoms with Crippen molar-refractivity contribution in [2.24, 2.45) is 0 Å². The number of imidazole rings is 1. The van der Waals surface area contributed by atoms with Crippen molar-refractivity contribution < 1.29 is 4.79 Å². The maximum Gasteiger partial charge on any atom is 0.287 e. The molecule has 1 N–H and O–H groups in total. The van der Waals surface area contributed by atoms with Crippen LogP contribution in [-0.4, -0.2) is 22.0 Å². The molecule has 78 valence electrons. The smallest absolute Gasteiger partial charge is 0.287 e. The van der Waals surface area contributed by atoms with E-state index in [1.807, 2.05) is 13.8 Å². The summed E-state index contributed by atoms with van der Waals surface area (Å²) in [4.78, 5) is 15.7. The predicted molar refractivity (Wildman–Crippen MR) is 55.7 cm³/mol. The number of carbonyl (C=O) groups is 1. The monoisotopic (exact) mass is 215 g/mol. The first-order chi connectivity index (χ1) is 6.61. The van der Waals surface area contributed by atoms with Gasteiger partial charge < -0.3 is 9.88 Å². The van der Waals surface area contributed by atoms with Gasteiger partial charge in [-0.3, -0.25) is 4.79 Å². The fourth-order valence-electron chi connectivity index (χ4n) is 1.26. The van der Waals surface area contributed by atoms with Gasteiger partial charge in [0.1, 0.15) is 5.15 Å². The number of amides is 1. The van der Waals surface area contributed by atoms with Crippen LogP contribution in [0.1, 0.15) is 30.2 Å². The number of hydrogen-bond acceptors (Lipinski definition) is 2. The minimum absolute atomic E-state index is 0.177. The molecule has 4 nitrogen and oxygen atoms in total. The molecule has 0 bridgehead atoms. The number of nitrogens with zero attached hydrogens (tertiary/aromatic N) is 2. The van der Waals surface area contributed by atoms with Crippen LogP contribution in [0.3, 0.4) is 0 Å². The third kappa shape index (κ3) is 1.90. The fraction of sp³-hybridized carbons (Fsp3) is 0.556. The van der Waals surface area contributed by atoms with Crippen LogP contribution in [-0.2, 0) is 6.54 Å². The van der Waals surface area contributed by atoms with Crippen LogP contribution >= 0.6 is 11.6 Å². The summed E-state index contributed by atoms with van der Waals surface area (Å²) in [5, 5.41) is 3.23. The SMILES string of the molecule is CCNC(=O)c1nc(C)c(Cl)n1CC. The highest BCUT2D eigenvalue weighted by Crippen LogP contribution is 2.16. The van der Waals surface area contributed by atoms with E-state index in [0.29, 0.717) is 29.8 Å². The third-order valence-electron chi connectivity index (χ3n) is 1.92. The summed E-state index contributed by atoms with van der Waals surface area (Å²) in [7, 11) is 0. The van der Waals surface area contributed by atoms with Crippen molar-refractivity contribution in [1.82, 2.24) is 14.9 Å². The van der Waals surface area contributed by atoms with E-state index in [1.54, 1.807) is 11.5 Å². The summed E-state index contributed by atoms with van der Waals surface area (Å²) in [6.07, 6.45) is 0. The van der Waals surface area contributed by atoms with Crippen LogP contribution in [0.5, 0.6) is 0 Å². The minimum atomic E-state index is -0.177. The topological polar surface area (TPSA) is 46.9 Å². The molecule has 0 saturated carbocycles. The number of halogens is 1. The quantitative estimate of drug-likeness (QED) is 0.833. The lowest BCUT2D eigenvalue weighted by atomic mass is 10.5. The Labute approximate surface area is 88.3 Å². The molecule has 0 aliphatic rings. The number of carbonyl (C=O) groups excluding carboxylic acids is 1. The summed E-state index contributed by atoms with van der Waals surface area (Å²) >= 11 is 5.98. The predicted octanol–water partition coefficient (Wildman–Crippen LogP) is 1.61. The Morgan fingerprint density at radius 1 is 1.57 bits per heavy atom. The van der Waals surface area contributed by atoms with Crippen LogP contribution in [0.2, 0.25) is 5.15 Å². The van der Waals surface area contributed by atoms with E-state index in [1.165, 1.54) is 0 Å². The molecule has 0 spiro atoms. The molecule has 0 aromatic carbocycles. The molecular formula is C9H14ClN3O.